The summed E-state index contributed by atoms with van der Waals surface area (Å²) >= 11 is 3.22. The van der Waals surface area contributed by atoms with Gasteiger partial charge < -0.3 is 0 Å². The van der Waals surface area contributed by atoms with Crippen LogP contribution in [0.4, 0.5) is 8.78 Å². The quantitative estimate of drug-likeness (QED) is 0.587. The van der Waals surface area contributed by atoms with Crippen molar-refractivity contribution in [3.8, 4) is 11.3 Å². The molecule has 0 aliphatic rings. The minimum Gasteiger partial charge on any atom is -0.298 e. The minimum absolute atomic E-state index is 0.0347. The van der Waals surface area contributed by atoms with Crippen LogP contribution in [0.5, 0.6) is 0 Å². The highest BCUT2D eigenvalue weighted by Crippen LogP contribution is 2.29. The van der Waals surface area contributed by atoms with Gasteiger partial charge in [0.05, 0.1) is 10.6 Å². The molecule has 0 fully saturated rings. The molecule has 1 heterocycles. The van der Waals surface area contributed by atoms with E-state index in [9.17, 15) is 22.0 Å². The molecule has 128 valence electrons. The maximum absolute atomic E-state index is 14.1. The Labute approximate surface area is 150 Å². The fourth-order valence-corrected chi connectivity index (χ4v) is 3.98. The first-order chi connectivity index (χ1) is 11.8. The summed E-state index contributed by atoms with van der Waals surface area (Å²) in [6.07, 6.45) is 1.56. The summed E-state index contributed by atoms with van der Waals surface area (Å²) in [5.41, 5.74) is -0.142. The Morgan fingerprint density at radius 2 is 1.68 bits per heavy atom. The topological polar surface area (TPSA) is 56.1 Å². The zero-order valence-electron chi connectivity index (χ0n) is 12.5. The predicted octanol–water partition coefficient (Wildman–Crippen LogP) is 4.25. The molecule has 0 saturated carbocycles. The molecule has 1 aromatic heterocycles. The summed E-state index contributed by atoms with van der Waals surface area (Å²) in [5.74, 6) is -1.71. The third-order valence-electron chi connectivity index (χ3n) is 3.52. The zero-order chi connectivity index (χ0) is 18.2. The Bertz CT molecular complexity index is 1060. The maximum atomic E-state index is 14.1. The van der Waals surface area contributed by atoms with Gasteiger partial charge in [0.15, 0.2) is 6.29 Å². The molecule has 2 aromatic carbocycles. The molecular formula is C17H10BrF2NO3S. The monoisotopic (exact) mass is 425 g/mol. The van der Waals surface area contributed by atoms with Crippen molar-refractivity contribution in [3.05, 3.63) is 76.4 Å². The molecule has 0 radical (unpaired) electrons. The van der Waals surface area contributed by atoms with E-state index >= 15 is 0 Å². The molecule has 0 N–H and O–H groups in total. The first-order valence-corrected chi connectivity index (χ1v) is 9.20. The number of benzene rings is 2. The van der Waals surface area contributed by atoms with Gasteiger partial charge in [-0.1, -0.05) is 15.9 Å². The number of carbonyl (C=O) groups is 1. The zero-order valence-corrected chi connectivity index (χ0v) is 14.9. The van der Waals surface area contributed by atoms with Crippen molar-refractivity contribution < 1.29 is 22.0 Å². The van der Waals surface area contributed by atoms with Gasteiger partial charge in [-0.3, -0.25) is 4.79 Å². The third-order valence-corrected chi connectivity index (χ3v) is 5.74. The van der Waals surface area contributed by atoms with Gasteiger partial charge in [0.25, 0.3) is 10.0 Å². The largest absolute Gasteiger partial charge is 0.298 e. The van der Waals surface area contributed by atoms with E-state index in [1.807, 2.05) is 0 Å². The molecule has 0 unspecified atom stereocenters. The van der Waals surface area contributed by atoms with E-state index < -0.39 is 21.7 Å². The molecule has 25 heavy (non-hydrogen) atoms. The summed E-state index contributed by atoms with van der Waals surface area (Å²) < 4.78 is 54.5. The van der Waals surface area contributed by atoms with E-state index in [1.165, 1.54) is 18.2 Å². The lowest BCUT2D eigenvalue weighted by Crippen LogP contribution is -2.13. The van der Waals surface area contributed by atoms with Gasteiger partial charge in [-0.2, -0.15) is 0 Å². The molecule has 0 bridgehead atoms. The molecular weight excluding hydrogens is 416 g/mol. The molecule has 0 aliphatic heterocycles. The molecule has 0 saturated heterocycles. The number of aromatic nitrogens is 1. The van der Waals surface area contributed by atoms with Gasteiger partial charge in [-0.25, -0.2) is 21.2 Å². The lowest BCUT2D eigenvalue weighted by atomic mass is 10.1. The number of nitrogens with zero attached hydrogens (tertiary/aromatic N) is 1. The molecule has 3 aromatic rings. The van der Waals surface area contributed by atoms with Gasteiger partial charge in [0.1, 0.15) is 11.6 Å². The number of rotatable bonds is 4. The summed E-state index contributed by atoms with van der Waals surface area (Å²) in [7, 11) is -4.07. The van der Waals surface area contributed by atoms with Crippen molar-refractivity contribution in [1.82, 2.24) is 3.97 Å². The van der Waals surface area contributed by atoms with Crippen LogP contribution in [0.3, 0.4) is 0 Å². The summed E-state index contributed by atoms with van der Waals surface area (Å²) in [6, 6.07) is 9.89. The van der Waals surface area contributed by atoms with Crippen LogP contribution in [0.25, 0.3) is 11.3 Å². The van der Waals surface area contributed by atoms with E-state index in [0.717, 1.165) is 22.3 Å². The van der Waals surface area contributed by atoms with E-state index in [0.29, 0.717) is 16.8 Å². The standard InChI is InChI=1S/C17H10BrF2NO3S/c18-12-1-4-14(5-2-12)25(23,24)21-9-11(10-22)7-17(21)15-6-3-13(19)8-16(15)20/h1-10H. The molecule has 0 spiro atoms. The summed E-state index contributed by atoms with van der Waals surface area (Å²) in [6.45, 7) is 0. The second-order valence-corrected chi connectivity index (χ2v) is 7.89. The lowest BCUT2D eigenvalue weighted by Gasteiger charge is -2.11. The van der Waals surface area contributed by atoms with Crippen LogP contribution in [-0.4, -0.2) is 18.7 Å². The second-order valence-electron chi connectivity index (χ2n) is 5.16. The number of carbonyl (C=O) groups excluding carboxylic acids is 1. The maximum Gasteiger partial charge on any atom is 0.268 e. The molecule has 4 nitrogen and oxygen atoms in total. The van der Waals surface area contributed by atoms with E-state index in [4.69, 9.17) is 0 Å². The average molecular weight is 426 g/mol. The number of aldehydes is 1. The number of hydrogen-bond acceptors (Lipinski definition) is 3. The van der Waals surface area contributed by atoms with Gasteiger partial charge in [0, 0.05) is 27.9 Å². The first-order valence-electron chi connectivity index (χ1n) is 6.97. The summed E-state index contributed by atoms with van der Waals surface area (Å²) in [4.78, 5) is 11.0. The van der Waals surface area contributed by atoms with Crippen molar-refractivity contribution in [1.29, 1.82) is 0 Å². The SMILES string of the molecule is O=Cc1cc(-c2ccc(F)cc2F)n(S(=O)(=O)c2ccc(Br)cc2)c1. The normalized spacial score (nSPS) is 11.5. The van der Waals surface area contributed by atoms with Gasteiger partial charge in [0.2, 0.25) is 0 Å². The average Bonchev–Trinajstić information content (AvgIpc) is 3.00. The Kier molecular flexibility index (Phi) is 4.57. The molecule has 0 amide bonds. The highest BCUT2D eigenvalue weighted by molar-refractivity contribution is 9.10. The van der Waals surface area contributed by atoms with Crippen LogP contribution in [0.15, 0.2) is 64.1 Å². The van der Waals surface area contributed by atoms with Crippen molar-refractivity contribution >= 4 is 32.2 Å². The van der Waals surface area contributed by atoms with Crippen LogP contribution < -0.4 is 0 Å². The van der Waals surface area contributed by atoms with Crippen molar-refractivity contribution in [2.75, 3.05) is 0 Å². The minimum atomic E-state index is -4.07. The fourth-order valence-electron chi connectivity index (χ4n) is 2.34. The van der Waals surface area contributed by atoms with Crippen molar-refractivity contribution in [2.24, 2.45) is 0 Å². The Morgan fingerprint density at radius 3 is 2.28 bits per heavy atom. The highest BCUT2D eigenvalue weighted by Gasteiger charge is 2.23. The molecule has 3 rings (SSSR count). The van der Waals surface area contributed by atoms with E-state index in [1.54, 1.807) is 12.1 Å². The Hall–Kier alpha value is -2.32. The van der Waals surface area contributed by atoms with Gasteiger partial charge >= 0.3 is 0 Å². The smallest absolute Gasteiger partial charge is 0.268 e. The van der Waals surface area contributed by atoms with E-state index in [2.05, 4.69) is 15.9 Å². The van der Waals surface area contributed by atoms with Crippen LogP contribution in [0.1, 0.15) is 10.4 Å². The lowest BCUT2D eigenvalue weighted by molar-refractivity contribution is 0.112. The van der Waals surface area contributed by atoms with Gasteiger partial charge in [-0.05, 0) is 42.5 Å². The molecule has 0 atom stereocenters. The third kappa shape index (κ3) is 3.27. The van der Waals surface area contributed by atoms with Gasteiger partial charge in [-0.15, -0.1) is 0 Å². The number of halogens is 3. The Morgan fingerprint density at radius 1 is 1.00 bits per heavy atom. The van der Waals surface area contributed by atoms with Crippen LogP contribution >= 0.6 is 15.9 Å². The highest BCUT2D eigenvalue weighted by atomic mass is 79.9. The van der Waals surface area contributed by atoms with E-state index in [-0.39, 0.29) is 21.7 Å². The van der Waals surface area contributed by atoms with Crippen LogP contribution in [0, 0.1) is 11.6 Å². The second kappa shape index (κ2) is 6.53. The van der Waals surface area contributed by atoms with Crippen molar-refractivity contribution in [3.63, 3.8) is 0 Å². The molecule has 0 aliphatic carbocycles. The fraction of sp³-hybridized carbons (Fsp3) is 0. The molecule has 8 heteroatoms. The summed E-state index contributed by atoms with van der Waals surface area (Å²) in [5, 5.41) is 0. The van der Waals surface area contributed by atoms with Crippen molar-refractivity contribution in [2.45, 2.75) is 4.90 Å². The first kappa shape index (κ1) is 17.5. The predicted molar refractivity (Wildman–Crippen MR) is 91.9 cm³/mol. The van der Waals surface area contributed by atoms with Crippen LogP contribution in [0.2, 0.25) is 0 Å². The Balaban J connectivity index is 2.24. The number of hydrogen-bond donors (Lipinski definition) is 0. The van der Waals surface area contributed by atoms with Crippen LogP contribution in [-0.2, 0) is 10.0 Å².